The highest BCUT2D eigenvalue weighted by Crippen LogP contribution is 2.21. The van der Waals surface area contributed by atoms with Gasteiger partial charge >= 0.3 is 5.97 Å². The zero-order chi connectivity index (χ0) is 16.2. The third kappa shape index (κ3) is 3.68. The smallest absolute Gasteiger partial charge is 0.328 e. The van der Waals surface area contributed by atoms with Crippen molar-refractivity contribution in [2.24, 2.45) is 0 Å². The maximum Gasteiger partial charge on any atom is 0.328 e. The number of aromatic amines is 1. The van der Waals surface area contributed by atoms with Crippen LogP contribution < -0.4 is 5.32 Å². The number of carboxylic acids is 1. The quantitative estimate of drug-likeness (QED) is 0.666. The molecule has 0 bridgehead atoms. The Bertz CT molecular complexity index is 566. The maximum atomic E-state index is 12.6. The lowest BCUT2D eigenvalue weighted by Crippen LogP contribution is -2.42. The van der Waals surface area contributed by atoms with E-state index in [1.165, 1.54) is 6.92 Å². The number of H-pyrrole nitrogens is 1. The molecule has 1 amide bonds. The first-order valence-corrected chi connectivity index (χ1v) is 6.65. The average Bonchev–Trinajstić information content (AvgIpc) is 2.72. The number of carbonyl (C=O) groups excluding carboxylic acids is 2. The Morgan fingerprint density at radius 2 is 2.00 bits per heavy atom. The number of carbonyl (C=O) groups is 3. The Hall–Kier alpha value is -2.18. The molecule has 6 nitrogen and oxygen atoms in total. The molecule has 21 heavy (non-hydrogen) atoms. The summed E-state index contributed by atoms with van der Waals surface area (Å²) in [5.41, 5.74) is 1.65. The second kappa shape index (κ2) is 7.01. The monoisotopic (exact) mass is 298 g/mol. The molecule has 1 rings (SSSR count). The lowest BCUT2D eigenvalue weighted by molar-refractivity contribution is -0.139. The highest BCUT2D eigenvalue weighted by Gasteiger charge is 2.26. The van der Waals surface area contributed by atoms with Crippen molar-refractivity contribution in [3.8, 4) is 0 Å². The highest BCUT2D eigenvalue weighted by molar-refractivity contribution is 6.03. The van der Waals surface area contributed by atoms with Crippen molar-refractivity contribution < 1.29 is 23.9 Å². The zero-order valence-corrected chi connectivity index (χ0v) is 12.2. The summed E-state index contributed by atoms with van der Waals surface area (Å²) in [5.74, 6) is -2.34. The number of hydrogen-bond donors (Lipinski definition) is 3. The van der Waals surface area contributed by atoms with E-state index < -0.39 is 24.6 Å². The number of aromatic nitrogens is 1. The Morgan fingerprint density at radius 3 is 2.43 bits per heavy atom. The van der Waals surface area contributed by atoms with Gasteiger partial charge in [0, 0.05) is 11.3 Å². The number of halogens is 1. The van der Waals surface area contributed by atoms with Gasteiger partial charge in [-0.3, -0.25) is 9.59 Å². The fourth-order valence-corrected chi connectivity index (χ4v) is 2.24. The van der Waals surface area contributed by atoms with E-state index in [1.54, 1.807) is 6.92 Å². The first-order chi connectivity index (χ1) is 9.83. The first kappa shape index (κ1) is 16.9. The Balaban J connectivity index is 3.17. The van der Waals surface area contributed by atoms with Crippen LogP contribution in [0.2, 0.25) is 0 Å². The number of alkyl halides is 1. The standard InChI is InChI=1S/C14H19FN2O4/c1-4-5-9-11(8(3)18)7(2)16-12(9)13(19)17-10(6-15)14(20)21/h10,16H,4-6H2,1-3H3,(H,17,19)(H,20,21). The predicted octanol–water partition coefficient (Wildman–Crippen LogP) is 1.63. The summed E-state index contributed by atoms with van der Waals surface area (Å²) >= 11 is 0. The summed E-state index contributed by atoms with van der Waals surface area (Å²) in [5, 5.41) is 10.9. The van der Waals surface area contributed by atoms with Crippen LogP contribution in [-0.2, 0) is 11.2 Å². The van der Waals surface area contributed by atoms with E-state index in [2.05, 4.69) is 10.3 Å². The molecule has 0 fully saturated rings. The van der Waals surface area contributed by atoms with Crippen LogP contribution in [0.1, 0.15) is 52.4 Å². The van der Waals surface area contributed by atoms with Gasteiger partial charge in [0.15, 0.2) is 11.8 Å². The second-order valence-corrected chi connectivity index (χ2v) is 4.80. The third-order valence-electron chi connectivity index (χ3n) is 3.13. The molecule has 1 heterocycles. The summed E-state index contributed by atoms with van der Waals surface area (Å²) < 4.78 is 12.6. The van der Waals surface area contributed by atoms with E-state index in [1.807, 2.05) is 6.92 Å². The normalized spacial score (nSPS) is 12.0. The van der Waals surface area contributed by atoms with Crippen molar-refractivity contribution in [2.75, 3.05) is 6.67 Å². The van der Waals surface area contributed by atoms with Crippen molar-refractivity contribution in [3.63, 3.8) is 0 Å². The summed E-state index contributed by atoms with van der Waals surface area (Å²) in [6.45, 7) is 3.76. The highest BCUT2D eigenvalue weighted by atomic mass is 19.1. The zero-order valence-electron chi connectivity index (χ0n) is 12.2. The van der Waals surface area contributed by atoms with Gasteiger partial charge in [0.25, 0.3) is 5.91 Å². The van der Waals surface area contributed by atoms with E-state index in [9.17, 15) is 18.8 Å². The molecule has 1 atom stereocenters. The lowest BCUT2D eigenvalue weighted by atomic mass is 10.0. The Labute approximate surface area is 121 Å². The summed E-state index contributed by atoms with van der Waals surface area (Å²) in [4.78, 5) is 37.4. The van der Waals surface area contributed by atoms with Gasteiger partial charge in [-0.25, -0.2) is 9.18 Å². The van der Waals surface area contributed by atoms with Crippen LogP contribution in [0.3, 0.4) is 0 Å². The van der Waals surface area contributed by atoms with Crippen LogP contribution in [0.4, 0.5) is 4.39 Å². The molecular formula is C14H19FN2O4. The van der Waals surface area contributed by atoms with Crippen LogP contribution >= 0.6 is 0 Å². The Morgan fingerprint density at radius 1 is 1.38 bits per heavy atom. The number of rotatable bonds is 7. The lowest BCUT2D eigenvalue weighted by Gasteiger charge is -2.11. The number of aryl methyl sites for hydroxylation is 1. The molecule has 0 saturated carbocycles. The SMILES string of the molecule is CCCc1c(C(=O)NC(CF)C(=O)O)[nH]c(C)c1C(C)=O. The minimum atomic E-state index is -1.60. The molecule has 0 aliphatic carbocycles. The number of ketones is 1. The summed E-state index contributed by atoms with van der Waals surface area (Å²) in [6.07, 6.45) is 1.21. The van der Waals surface area contributed by atoms with Gasteiger partial charge in [-0.2, -0.15) is 0 Å². The molecule has 116 valence electrons. The molecule has 0 aliphatic heterocycles. The van der Waals surface area contributed by atoms with Crippen LogP contribution in [-0.4, -0.2) is 40.5 Å². The van der Waals surface area contributed by atoms with E-state index in [-0.39, 0.29) is 11.5 Å². The number of hydrogen-bond acceptors (Lipinski definition) is 3. The van der Waals surface area contributed by atoms with E-state index in [0.717, 1.165) is 0 Å². The topological polar surface area (TPSA) is 99.3 Å². The van der Waals surface area contributed by atoms with Crippen LogP contribution in [0, 0.1) is 6.92 Å². The van der Waals surface area contributed by atoms with Crippen molar-refractivity contribution in [2.45, 2.75) is 39.7 Å². The number of Topliss-reactive ketones (excluding diaryl/α,β-unsaturated/α-hetero) is 1. The molecule has 3 N–H and O–H groups in total. The van der Waals surface area contributed by atoms with E-state index >= 15 is 0 Å². The number of nitrogens with one attached hydrogen (secondary N) is 2. The third-order valence-corrected chi connectivity index (χ3v) is 3.13. The average molecular weight is 298 g/mol. The van der Waals surface area contributed by atoms with Gasteiger partial charge in [-0.1, -0.05) is 13.3 Å². The van der Waals surface area contributed by atoms with Gasteiger partial charge < -0.3 is 15.4 Å². The van der Waals surface area contributed by atoms with Crippen LogP contribution in [0.15, 0.2) is 0 Å². The fraction of sp³-hybridized carbons (Fsp3) is 0.500. The molecular weight excluding hydrogens is 279 g/mol. The molecule has 7 heteroatoms. The second-order valence-electron chi connectivity index (χ2n) is 4.80. The molecule has 0 aliphatic rings. The Kier molecular flexibility index (Phi) is 5.63. The van der Waals surface area contributed by atoms with E-state index in [4.69, 9.17) is 5.11 Å². The fourth-order valence-electron chi connectivity index (χ4n) is 2.24. The van der Waals surface area contributed by atoms with Gasteiger partial charge in [0.1, 0.15) is 12.4 Å². The predicted molar refractivity (Wildman–Crippen MR) is 74.4 cm³/mol. The summed E-state index contributed by atoms with van der Waals surface area (Å²) in [7, 11) is 0. The van der Waals surface area contributed by atoms with E-state index in [0.29, 0.717) is 29.7 Å². The minimum absolute atomic E-state index is 0.124. The maximum absolute atomic E-state index is 12.6. The molecule has 1 aromatic rings. The number of aliphatic carboxylic acids is 1. The largest absolute Gasteiger partial charge is 0.480 e. The first-order valence-electron chi connectivity index (χ1n) is 6.65. The molecule has 0 radical (unpaired) electrons. The molecule has 1 unspecified atom stereocenters. The van der Waals surface area contributed by atoms with Gasteiger partial charge in [0.2, 0.25) is 0 Å². The van der Waals surface area contributed by atoms with Gasteiger partial charge in [-0.15, -0.1) is 0 Å². The van der Waals surface area contributed by atoms with Crippen LogP contribution in [0.25, 0.3) is 0 Å². The van der Waals surface area contributed by atoms with Crippen molar-refractivity contribution in [3.05, 3.63) is 22.5 Å². The number of carboxylic acid groups (broad SMARTS) is 1. The van der Waals surface area contributed by atoms with Crippen molar-refractivity contribution in [1.29, 1.82) is 0 Å². The molecule has 0 spiro atoms. The van der Waals surface area contributed by atoms with Crippen LogP contribution in [0.5, 0.6) is 0 Å². The van der Waals surface area contributed by atoms with Crippen molar-refractivity contribution >= 4 is 17.7 Å². The van der Waals surface area contributed by atoms with Crippen molar-refractivity contribution in [1.82, 2.24) is 10.3 Å². The number of amides is 1. The summed E-state index contributed by atoms with van der Waals surface area (Å²) in [6, 6.07) is -1.60. The van der Waals surface area contributed by atoms with Gasteiger partial charge in [0.05, 0.1) is 0 Å². The molecule has 1 aromatic heterocycles. The van der Waals surface area contributed by atoms with Gasteiger partial charge in [-0.05, 0) is 25.8 Å². The molecule has 0 aromatic carbocycles. The minimum Gasteiger partial charge on any atom is -0.480 e. The molecule has 0 saturated heterocycles.